The van der Waals surface area contributed by atoms with E-state index in [1.54, 1.807) is 23.1 Å². The van der Waals surface area contributed by atoms with Gasteiger partial charge in [0, 0.05) is 61.2 Å². The summed E-state index contributed by atoms with van der Waals surface area (Å²) in [6, 6.07) is 5.96. The lowest BCUT2D eigenvalue weighted by Gasteiger charge is -2.15. The smallest absolute Gasteiger partial charge is 0.254 e. The summed E-state index contributed by atoms with van der Waals surface area (Å²) in [5.74, 6) is 2.38. The SMILES string of the molecule is CSc1cnc(C[C@H]2CC[C@H](Cc3nc4ccc(C(=O)N5Cc6c[nH]cc6C5)cc4s3)C2)nc1. The Hall–Kier alpha value is -2.71. The van der Waals surface area contributed by atoms with Gasteiger partial charge in [-0.2, -0.15) is 0 Å². The van der Waals surface area contributed by atoms with E-state index in [-0.39, 0.29) is 5.91 Å². The third kappa shape index (κ3) is 4.36. The molecule has 1 amide bonds. The molecule has 1 N–H and O–H groups in total. The van der Waals surface area contributed by atoms with Crippen molar-refractivity contribution < 1.29 is 4.79 Å². The highest BCUT2D eigenvalue weighted by Gasteiger charge is 2.27. The van der Waals surface area contributed by atoms with Crippen LogP contribution < -0.4 is 0 Å². The van der Waals surface area contributed by atoms with E-state index in [1.807, 2.05) is 54.1 Å². The minimum atomic E-state index is 0.0967. The summed E-state index contributed by atoms with van der Waals surface area (Å²) in [4.78, 5) is 33.2. The van der Waals surface area contributed by atoms with Crippen LogP contribution in [0.2, 0.25) is 0 Å². The molecule has 174 valence electrons. The second kappa shape index (κ2) is 9.15. The summed E-state index contributed by atoms with van der Waals surface area (Å²) >= 11 is 3.42. The predicted molar refractivity (Wildman–Crippen MR) is 136 cm³/mol. The maximum atomic E-state index is 13.1. The molecular weight excluding hydrogens is 462 g/mol. The number of rotatable bonds is 6. The zero-order valence-corrected chi connectivity index (χ0v) is 20.8. The molecule has 1 aromatic carbocycles. The average molecular weight is 490 g/mol. The molecule has 0 spiro atoms. The third-order valence-electron chi connectivity index (χ3n) is 7.12. The fourth-order valence-electron chi connectivity index (χ4n) is 5.32. The molecule has 2 atom stereocenters. The molecule has 3 aromatic heterocycles. The van der Waals surface area contributed by atoms with Crippen LogP contribution in [0.3, 0.4) is 0 Å². The van der Waals surface area contributed by atoms with Crippen molar-refractivity contribution in [2.24, 2.45) is 11.8 Å². The number of thioether (sulfide) groups is 1. The first-order chi connectivity index (χ1) is 16.6. The van der Waals surface area contributed by atoms with Crippen molar-refractivity contribution in [1.29, 1.82) is 0 Å². The second-order valence-electron chi connectivity index (χ2n) is 9.45. The van der Waals surface area contributed by atoms with Crippen LogP contribution in [0.1, 0.15) is 51.6 Å². The number of benzene rings is 1. The van der Waals surface area contributed by atoms with E-state index in [1.165, 1.54) is 35.4 Å². The standard InChI is InChI=1S/C26H27N5OS2/c1-33-21-12-28-24(29-13-21)7-16-2-3-17(6-16)8-25-30-22-5-4-18(9-23(22)34-25)26(32)31-14-19-10-27-11-20(19)15-31/h4-5,9-13,16-17,27H,2-3,6-8,14-15H2,1H3/t16-,17-/m0/s1. The molecule has 6 nitrogen and oxygen atoms in total. The van der Waals surface area contributed by atoms with Gasteiger partial charge in [-0.05, 0) is 66.7 Å². The average Bonchev–Trinajstić information content (AvgIpc) is 3.62. The topological polar surface area (TPSA) is 74.8 Å². The van der Waals surface area contributed by atoms with Crippen molar-refractivity contribution in [2.45, 2.75) is 50.1 Å². The van der Waals surface area contributed by atoms with Gasteiger partial charge in [-0.1, -0.05) is 0 Å². The minimum absolute atomic E-state index is 0.0967. The summed E-state index contributed by atoms with van der Waals surface area (Å²) in [7, 11) is 0. The normalized spacial score (nSPS) is 19.7. The first-order valence-electron chi connectivity index (χ1n) is 11.8. The Balaban J connectivity index is 1.08. The van der Waals surface area contributed by atoms with Crippen LogP contribution in [0.25, 0.3) is 10.2 Å². The summed E-state index contributed by atoms with van der Waals surface area (Å²) in [6.45, 7) is 1.36. The zero-order chi connectivity index (χ0) is 23.1. The van der Waals surface area contributed by atoms with Crippen molar-refractivity contribution in [3.8, 4) is 0 Å². The van der Waals surface area contributed by atoms with Crippen LogP contribution in [0, 0.1) is 11.8 Å². The molecular formula is C26H27N5OS2. The Kier molecular flexibility index (Phi) is 5.87. The lowest BCUT2D eigenvalue weighted by Crippen LogP contribution is -2.25. The summed E-state index contributed by atoms with van der Waals surface area (Å²) < 4.78 is 1.11. The number of carbonyl (C=O) groups excluding carboxylic acids is 1. The van der Waals surface area contributed by atoms with Gasteiger partial charge in [0.05, 0.1) is 15.2 Å². The first kappa shape index (κ1) is 21.8. The maximum absolute atomic E-state index is 13.1. The molecule has 6 rings (SSSR count). The molecule has 4 heterocycles. The lowest BCUT2D eigenvalue weighted by atomic mass is 9.99. The summed E-state index contributed by atoms with van der Waals surface area (Å²) in [6.07, 6.45) is 15.6. The first-order valence-corrected chi connectivity index (χ1v) is 13.9. The minimum Gasteiger partial charge on any atom is -0.367 e. The molecule has 0 radical (unpaired) electrons. The van der Waals surface area contributed by atoms with Gasteiger partial charge in [-0.15, -0.1) is 23.1 Å². The Bertz CT molecular complexity index is 1310. The number of thiazole rings is 1. The van der Waals surface area contributed by atoms with Crippen LogP contribution in [0.5, 0.6) is 0 Å². The Labute approximate surface area is 207 Å². The van der Waals surface area contributed by atoms with E-state index >= 15 is 0 Å². The van der Waals surface area contributed by atoms with E-state index in [0.717, 1.165) is 39.3 Å². The molecule has 2 aliphatic rings. The monoisotopic (exact) mass is 489 g/mol. The van der Waals surface area contributed by atoms with Crippen LogP contribution in [0.4, 0.5) is 0 Å². The zero-order valence-electron chi connectivity index (χ0n) is 19.2. The molecule has 1 saturated carbocycles. The molecule has 1 aliphatic heterocycles. The number of H-pyrrole nitrogens is 1. The van der Waals surface area contributed by atoms with E-state index in [4.69, 9.17) is 4.98 Å². The van der Waals surface area contributed by atoms with Crippen LogP contribution in [0.15, 0.2) is 47.9 Å². The number of aromatic amines is 1. The summed E-state index contributed by atoms with van der Waals surface area (Å²) in [5, 5.41) is 1.18. The van der Waals surface area contributed by atoms with Crippen LogP contribution in [-0.2, 0) is 25.9 Å². The number of nitrogens with zero attached hydrogens (tertiary/aromatic N) is 4. The van der Waals surface area contributed by atoms with E-state index in [0.29, 0.717) is 24.9 Å². The fraction of sp³-hybridized carbons (Fsp3) is 0.385. The Morgan fingerprint density at radius 3 is 2.59 bits per heavy atom. The molecule has 34 heavy (non-hydrogen) atoms. The van der Waals surface area contributed by atoms with Crippen LogP contribution >= 0.6 is 23.1 Å². The van der Waals surface area contributed by atoms with E-state index in [2.05, 4.69) is 15.0 Å². The number of amides is 1. The van der Waals surface area contributed by atoms with Gasteiger partial charge in [-0.3, -0.25) is 4.79 Å². The number of hydrogen-bond acceptors (Lipinski definition) is 6. The number of hydrogen-bond donors (Lipinski definition) is 1. The molecule has 8 heteroatoms. The van der Waals surface area contributed by atoms with Gasteiger partial charge in [0.15, 0.2) is 0 Å². The van der Waals surface area contributed by atoms with Crippen molar-refractivity contribution in [3.05, 3.63) is 70.5 Å². The van der Waals surface area contributed by atoms with Crippen molar-refractivity contribution in [3.63, 3.8) is 0 Å². The summed E-state index contributed by atoms with van der Waals surface area (Å²) in [5.41, 5.74) is 4.19. The molecule has 1 fully saturated rings. The van der Waals surface area contributed by atoms with Crippen LogP contribution in [-0.4, -0.2) is 37.0 Å². The van der Waals surface area contributed by atoms with Crippen molar-refractivity contribution >= 4 is 39.2 Å². The Morgan fingerprint density at radius 2 is 1.85 bits per heavy atom. The highest BCUT2D eigenvalue weighted by molar-refractivity contribution is 7.98. The van der Waals surface area contributed by atoms with Crippen molar-refractivity contribution in [1.82, 2.24) is 24.8 Å². The van der Waals surface area contributed by atoms with Gasteiger partial charge in [-0.25, -0.2) is 15.0 Å². The fourth-order valence-corrected chi connectivity index (χ4v) is 6.75. The molecule has 4 aromatic rings. The number of nitrogens with one attached hydrogen (secondary N) is 1. The van der Waals surface area contributed by atoms with E-state index < -0.39 is 0 Å². The number of aromatic nitrogens is 4. The second-order valence-corrected chi connectivity index (χ2v) is 11.4. The highest BCUT2D eigenvalue weighted by atomic mass is 32.2. The van der Waals surface area contributed by atoms with Crippen molar-refractivity contribution in [2.75, 3.05) is 6.26 Å². The Morgan fingerprint density at radius 1 is 1.12 bits per heavy atom. The molecule has 0 bridgehead atoms. The molecule has 1 aliphatic carbocycles. The van der Waals surface area contributed by atoms with E-state index in [9.17, 15) is 4.79 Å². The van der Waals surface area contributed by atoms with Gasteiger partial charge in [0.1, 0.15) is 5.82 Å². The largest absolute Gasteiger partial charge is 0.367 e. The third-order valence-corrected chi connectivity index (χ3v) is 8.84. The predicted octanol–water partition coefficient (Wildman–Crippen LogP) is 5.49. The number of carbonyl (C=O) groups is 1. The van der Waals surface area contributed by atoms with Gasteiger partial charge < -0.3 is 9.88 Å². The number of fused-ring (bicyclic) bond motifs is 2. The maximum Gasteiger partial charge on any atom is 0.254 e. The quantitative estimate of drug-likeness (QED) is 0.362. The highest BCUT2D eigenvalue weighted by Crippen LogP contribution is 2.36. The lowest BCUT2D eigenvalue weighted by molar-refractivity contribution is 0.0751. The van der Waals surface area contributed by atoms with Gasteiger partial charge in [0.2, 0.25) is 0 Å². The van der Waals surface area contributed by atoms with Gasteiger partial charge >= 0.3 is 0 Å². The molecule has 0 unspecified atom stereocenters. The molecule has 0 saturated heterocycles. The van der Waals surface area contributed by atoms with Gasteiger partial charge in [0.25, 0.3) is 5.91 Å².